The summed E-state index contributed by atoms with van der Waals surface area (Å²) in [5.74, 6) is 2.25. The molecule has 0 fully saturated rings. The number of H-pyrrole nitrogens is 1. The summed E-state index contributed by atoms with van der Waals surface area (Å²) in [5, 5.41) is 0. The van der Waals surface area contributed by atoms with Crippen LogP contribution >= 0.6 is 0 Å². The maximum atomic E-state index is 12.7. The Morgan fingerprint density at radius 2 is 1.86 bits per heavy atom. The van der Waals surface area contributed by atoms with E-state index in [0.29, 0.717) is 36.5 Å². The maximum absolute atomic E-state index is 12.7. The molecule has 5 rings (SSSR count). The van der Waals surface area contributed by atoms with Crippen LogP contribution < -0.4 is 5.56 Å². The van der Waals surface area contributed by atoms with Gasteiger partial charge in [-0.2, -0.15) is 0 Å². The van der Waals surface area contributed by atoms with Crippen LogP contribution in [0, 0.1) is 0 Å². The minimum absolute atomic E-state index is 0.108. The average molecular weight is 385 g/mol. The number of nitrogens with one attached hydrogen (secondary N) is 1. The molecule has 0 aliphatic carbocycles. The van der Waals surface area contributed by atoms with Crippen molar-refractivity contribution in [3.05, 3.63) is 88.6 Å². The van der Waals surface area contributed by atoms with Crippen molar-refractivity contribution in [1.29, 1.82) is 0 Å². The molecule has 29 heavy (non-hydrogen) atoms. The largest absolute Gasteiger partial charge is 0.460 e. The van der Waals surface area contributed by atoms with Gasteiger partial charge in [0.2, 0.25) is 0 Å². The Kier molecular flexibility index (Phi) is 4.50. The zero-order chi connectivity index (χ0) is 19.6. The molecule has 1 aliphatic heterocycles. The standard InChI is InChI=1S/C22H19N5O2/c28-22-18-13-27(12-17-6-7-20(29-17)15-4-2-1-3-5-15)9-8-19(18)25-21(26-22)16-10-23-14-24-11-16/h1-7,10-11,14H,8-9,12-13H2,(H,25,26,28). The van der Waals surface area contributed by atoms with Gasteiger partial charge in [0.05, 0.1) is 23.4 Å². The van der Waals surface area contributed by atoms with E-state index in [1.807, 2.05) is 42.5 Å². The van der Waals surface area contributed by atoms with E-state index in [4.69, 9.17) is 4.42 Å². The van der Waals surface area contributed by atoms with E-state index in [-0.39, 0.29) is 5.56 Å². The molecule has 0 unspecified atom stereocenters. The Hall–Kier alpha value is -3.58. The van der Waals surface area contributed by atoms with Gasteiger partial charge in [-0.1, -0.05) is 30.3 Å². The molecule has 0 radical (unpaired) electrons. The molecule has 1 aliphatic rings. The van der Waals surface area contributed by atoms with E-state index in [1.54, 1.807) is 12.4 Å². The van der Waals surface area contributed by atoms with Crippen LogP contribution in [-0.2, 0) is 19.5 Å². The molecule has 0 bridgehead atoms. The van der Waals surface area contributed by atoms with Crippen LogP contribution in [0.5, 0.6) is 0 Å². The number of fused-ring (bicyclic) bond motifs is 1. The predicted molar refractivity (Wildman–Crippen MR) is 108 cm³/mol. The van der Waals surface area contributed by atoms with Crippen LogP contribution in [0.2, 0.25) is 0 Å². The fourth-order valence-electron chi connectivity index (χ4n) is 3.61. The van der Waals surface area contributed by atoms with Gasteiger partial charge in [-0.15, -0.1) is 0 Å². The third-order valence-electron chi connectivity index (χ3n) is 5.08. The Morgan fingerprint density at radius 1 is 1.03 bits per heavy atom. The first-order valence-electron chi connectivity index (χ1n) is 9.50. The van der Waals surface area contributed by atoms with Gasteiger partial charge in [-0.3, -0.25) is 9.69 Å². The summed E-state index contributed by atoms with van der Waals surface area (Å²) < 4.78 is 6.01. The van der Waals surface area contributed by atoms with Gasteiger partial charge in [0.15, 0.2) is 0 Å². The number of aromatic nitrogens is 4. The monoisotopic (exact) mass is 385 g/mol. The van der Waals surface area contributed by atoms with E-state index in [9.17, 15) is 4.79 Å². The van der Waals surface area contributed by atoms with Gasteiger partial charge in [-0.25, -0.2) is 15.0 Å². The number of rotatable bonds is 4. The molecule has 0 amide bonds. The average Bonchev–Trinajstić information content (AvgIpc) is 3.24. The van der Waals surface area contributed by atoms with Gasteiger partial charge < -0.3 is 9.40 Å². The van der Waals surface area contributed by atoms with Crippen molar-refractivity contribution in [1.82, 2.24) is 24.8 Å². The summed E-state index contributed by atoms with van der Waals surface area (Å²) in [6.45, 7) is 2.01. The van der Waals surface area contributed by atoms with Crippen molar-refractivity contribution in [3.63, 3.8) is 0 Å². The number of nitrogens with zero attached hydrogens (tertiary/aromatic N) is 4. The van der Waals surface area contributed by atoms with E-state index < -0.39 is 0 Å². The summed E-state index contributed by atoms with van der Waals surface area (Å²) in [6.07, 6.45) is 5.46. The second-order valence-corrected chi connectivity index (χ2v) is 7.06. The zero-order valence-electron chi connectivity index (χ0n) is 15.7. The Bertz CT molecular complexity index is 1180. The smallest absolute Gasteiger partial charge is 0.255 e. The normalized spacial score (nSPS) is 13.9. The quantitative estimate of drug-likeness (QED) is 0.581. The molecule has 4 heterocycles. The molecule has 144 valence electrons. The van der Waals surface area contributed by atoms with E-state index in [1.165, 1.54) is 6.33 Å². The molecule has 0 saturated carbocycles. The summed E-state index contributed by atoms with van der Waals surface area (Å²) in [7, 11) is 0. The summed E-state index contributed by atoms with van der Waals surface area (Å²) in [6, 6.07) is 14.0. The van der Waals surface area contributed by atoms with Crippen molar-refractivity contribution < 1.29 is 4.42 Å². The third kappa shape index (κ3) is 3.60. The molecule has 0 atom stereocenters. The lowest BCUT2D eigenvalue weighted by molar-refractivity contribution is 0.223. The van der Waals surface area contributed by atoms with Crippen LogP contribution in [0.15, 0.2) is 70.4 Å². The van der Waals surface area contributed by atoms with E-state index >= 15 is 0 Å². The first-order chi connectivity index (χ1) is 14.3. The SMILES string of the molecule is O=c1[nH]c(-c2cncnc2)nc2c1CN(Cc1ccc(-c3ccccc3)o1)CC2. The molecular weight excluding hydrogens is 366 g/mol. The van der Waals surface area contributed by atoms with E-state index in [0.717, 1.165) is 29.3 Å². The highest BCUT2D eigenvalue weighted by molar-refractivity contribution is 5.57. The van der Waals surface area contributed by atoms with Crippen LogP contribution in [-0.4, -0.2) is 31.4 Å². The summed E-state index contributed by atoms with van der Waals surface area (Å²) in [5.41, 5.74) is 3.21. The number of furan rings is 1. The Labute approximate surface area is 167 Å². The molecule has 0 spiro atoms. The molecule has 1 aromatic carbocycles. The Morgan fingerprint density at radius 3 is 2.69 bits per heavy atom. The summed E-state index contributed by atoms with van der Waals surface area (Å²) >= 11 is 0. The second kappa shape index (κ2) is 7.44. The lowest BCUT2D eigenvalue weighted by Gasteiger charge is -2.26. The fraction of sp³-hybridized carbons (Fsp3) is 0.182. The van der Waals surface area contributed by atoms with Crippen molar-refractivity contribution >= 4 is 0 Å². The van der Waals surface area contributed by atoms with Crippen molar-refractivity contribution in [2.24, 2.45) is 0 Å². The van der Waals surface area contributed by atoms with Gasteiger partial charge in [0, 0.05) is 37.5 Å². The molecular formula is C22H19N5O2. The first kappa shape index (κ1) is 17.5. The van der Waals surface area contributed by atoms with Gasteiger partial charge in [0.1, 0.15) is 23.7 Å². The molecule has 4 aromatic rings. The Balaban J connectivity index is 1.34. The number of hydrogen-bond acceptors (Lipinski definition) is 6. The second-order valence-electron chi connectivity index (χ2n) is 7.06. The van der Waals surface area contributed by atoms with Crippen LogP contribution in [0.4, 0.5) is 0 Å². The number of benzene rings is 1. The lowest BCUT2D eigenvalue weighted by atomic mass is 10.1. The topological polar surface area (TPSA) is 87.9 Å². The predicted octanol–water partition coefficient (Wildman–Crippen LogP) is 3.05. The molecule has 1 N–H and O–H groups in total. The molecule has 0 saturated heterocycles. The fourth-order valence-corrected chi connectivity index (χ4v) is 3.61. The summed E-state index contributed by atoms with van der Waals surface area (Å²) in [4.78, 5) is 30.4. The van der Waals surface area contributed by atoms with Crippen molar-refractivity contribution in [2.45, 2.75) is 19.5 Å². The molecule has 7 nitrogen and oxygen atoms in total. The minimum atomic E-state index is -0.108. The highest BCUT2D eigenvalue weighted by Crippen LogP contribution is 2.24. The van der Waals surface area contributed by atoms with Crippen LogP contribution in [0.3, 0.4) is 0 Å². The van der Waals surface area contributed by atoms with Gasteiger partial charge >= 0.3 is 0 Å². The zero-order valence-corrected chi connectivity index (χ0v) is 15.7. The van der Waals surface area contributed by atoms with E-state index in [2.05, 4.69) is 24.8 Å². The van der Waals surface area contributed by atoms with Crippen LogP contribution in [0.1, 0.15) is 17.0 Å². The van der Waals surface area contributed by atoms with Crippen LogP contribution in [0.25, 0.3) is 22.7 Å². The molecule has 3 aromatic heterocycles. The number of hydrogen-bond donors (Lipinski definition) is 1. The highest BCUT2D eigenvalue weighted by atomic mass is 16.3. The maximum Gasteiger partial charge on any atom is 0.255 e. The first-order valence-corrected chi connectivity index (χ1v) is 9.50. The highest BCUT2D eigenvalue weighted by Gasteiger charge is 2.22. The third-order valence-corrected chi connectivity index (χ3v) is 5.08. The minimum Gasteiger partial charge on any atom is -0.460 e. The lowest BCUT2D eigenvalue weighted by Crippen LogP contribution is -2.35. The van der Waals surface area contributed by atoms with Crippen molar-refractivity contribution in [3.8, 4) is 22.7 Å². The molecule has 7 heteroatoms. The number of aromatic amines is 1. The van der Waals surface area contributed by atoms with Gasteiger partial charge in [-0.05, 0) is 12.1 Å². The van der Waals surface area contributed by atoms with Crippen molar-refractivity contribution in [2.75, 3.05) is 6.54 Å². The van der Waals surface area contributed by atoms with Gasteiger partial charge in [0.25, 0.3) is 5.56 Å².